The molecular formula is C13H25ClN2O5. The lowest BCUT2D eigenvalue weighted by Crippen LogP contribution is -2.38. The number of nitrogens with one attached hydrogen (secondary N) is 2. The Labute approximate surface area is 130 Å². The molecule has 0 aliphatic heterocycles. The van der Waals surface area contributed by atoms with Crippen molar-refractivity contribution in [3.8, 4) is 0 Å². The molecule has 0 aliphatic rings. The van der Waals surface area contributed by atoms with Crippen LogP contribution in [0.1, 0.15) is 41.5 Å². The van der Waals surface area contributed by atoms with Crippen molar-refractivity contribution in [2.45, 2.75) is 58.1 Å². The molecule has 0 spiro atoms. The van der Waals surface area contributed by atoms with Crippen molar-refractivity contribution in [2.24, 2.45) is 0 Å². The first-order valence-electron chi connectivity index (χ1n) is 6.61. The summed E-state index contributed by atoms with van der Waals surface area (Å²) >= 11 is 5.93. The SMILES string of the molecule is CC(C)(C)OC(=O)NCC(Cl)CONC(=O)OC(C)(C)C. The molecule has 0 saturated heterocycles. The first kappa shape index (κ1) is 19.8. The lowest BCUT2D eigenvalue weighted by Gasteiger charge is -2.21. The molecule has 0 rings (SSSR count). The summed E-state index contributed by atoms with van der Waals surface area (Å²) in [5.41, 5.74) is 0.933. The summed E-state index contributed by atoms with van der Waals surface area (Å²) in [7, 11) is 0. The van der Waals surface area contributed by atoms with Crippen molar-refractivity contribution in [3.05, 3.63) is 0 Å². The van der Waals surface area contributed by atoms with E-state index >= 15 is 0 Å². The van der Waals surface area contributed by atoms with Crippen molar-refractivity contribution in [2.75, 3.05) is 13.2 Å². The molecule has 0 fully saturated rings. The minimum absolute atomic E-state index is 0.0105. The van der Waals surface area contributed by atoms with E-state index in [2.05, 4.69) is 10.8 Å². The first-order chi connectivity index (χ1) is 9.39. The minimum atomic E-state index is -0.702. The van der Waals surface area contributed by atoms with E-state index in [0.717, 1.165) is 0 Å². The monoisotopic (exact) mass is 324 g/mol. The molecule has 2 amide bonds. The first-order valence-corrected chi connectivity index (χ1v) is 7.04. The predicted molar refractivity (Wildman–Crippen MR) is 79.2 cm³/mol. The third-order valence-electron chi connectivity index (χ3n) is 1.69. The molecule has 0 aromatic heterocycles. The van der Waals surface area contributed by atoms with E-state index in [1.165, 1.54) is 0 Å². The van der Waals surface area contributed by atoms with Gasteiger partial charge in [-0.25, -0.2) is 9.59 Å². The summed E-state index contributed by atoms with van der Waals surface area (Å²) in [6, 6.07) is 0. The van der Waals surface area contributed by atoms with Gasteiger partial charge in [-0.15, -0.1) is 11.6 Å². The average Bonchev–Trinajstić information content (AvgIpc) is 2.21. The van der Waals surface area contributed by atoms with Crippen LogP contribution in [0.5, 0.6) is 0 Å². The van der Waals surface area contributed by atoms with E-state index in [1.54, 1.807) is 41.5 Å². The number of alkyl carbamates (subject to hydrolysis) is 1. The van der Waals surface area contributed by atoms with E-state index in [1.807, 2.05) is 0 Å². The van der Waals surface area contributed by atoms with Gasteiger partial charge in [-0.2, -0.15) is 5.48 Å². The third-order valence-corrected chi connectivity index (χ3v) is 1.97. The van der Waals surface area contributed by atoms with Crippen molar-refractivity contribution in [1.29, 1.82) is 0 Å². The largest absolute Gasteiger partial charge is 0.444 e. The summed E-state index contributed by atoms with van der Waals surface area (Å²) in [5, 5.41) is 1.98. The number of rotatable bonds is 5. The van der Waals surface area contributed by atoms with E-state index in [4.69, 9.17) is 25.9 Å². The van der Waals surface area contributed by atoms with Crippen LogP contribution in [0.2, 0.25) is 0 Å². The fourth-order valence-corrected chi connectivity index (χ4v) is 1.20. The number of hydrogen-bond donors (Lipinski definition) is 2. The van der Waals surface area contributed by atoms with Crippen LogP contribution in [-0.4, -0.2) is 41.9 Å². The highest BCUT2D eigenvalue weighted by atomic mass is 35.5. The zero-order chi connectivity index (χ0) is 16.7. The van der Waals surface area contributed by atoms with Gasteiger partial charge in [0.15, 0.2) is 0 Å². The van der Waals surface area contributed by atoms with Gasteiger partial charge in [-0.3, -0.25) is 4.84 Å². The summed E-state index contributed by atoms with van der Waals surface area (Å²) in [6.07, 6.45) is -1.26. The molecule has 0 saturated carbocycles. The average molecular weight is 325 g/mol. The molecule has 2 N–H and O–H groups in total. The van der Waals surface area contributed by atoms with Crippen LogP contribution >= 0.6 is 11.6 Å². The molecule has 0 aromatic carbocycles. The molecule has 1 atom stereocenters. The Morgan fingerprint density at radius 2 is 1.48 bits per heavy atom. The Morgan fingerprint density at radius 1 is 1.00 bits per heavy atom. The second-order valence-corrected chi connectivity index (χ2v) is 7.01. The number of hydroxylamine groups is 1. The molecule has 1 unspecified atom stereocenters. The van der Waals surface area contributed by atoms with Gasteiger partial charge in [0.2, 0.25) is 0 Å². The summed E-state index contributed by atoms with van der Waals surface area (Å²) in [6.45, 7) is 10.7. The van der Waals surface area contributed by atoms with Crippen LogP contribution in [-0.2, 0) is 14.3 Å². The Balaban J connectivity index is 3.79. The van der Waals surface area contributed by atoms with Gasteiger partial charge in [-0.05, 0) is 41.5 Å². The van der Waals surface area contributed by atoms with Crippen LogP contribution in [0.15, 0.2) is 0 Å². The number of halogens is 1. The van der Waals surface area contributed by atoms with Gasteiger partial charge in [-0.1, -0.05) is 0 Å². The van der Waals surface area contributed by atoms with E-state index in [9.17, 15) is 9.59 Å². The Bertz CT molecular complexity index is 349. The maximum Gasteiger partial charge on any atom is 0.431 e. The molecule has 0 aliphatic carbocycles. The third kappa shape index (κ3) is 13.5. The van der Waals surface area contributed by atoms with Gasteiger partial charge in [0.1, 0.15) is 11.2 Å². The van der Waals surface area contributed by atoms with Gasteiger partial charge in [0.05, 0.1) is 12.0 Å². The number of amides is 2. The Kier molecular flexibility index (Phi) is 7.81. The van der Waals surface area contributed by atoms with Crippen molar-refractivity contribution >= 4 is 23.8 Å². The van der Waals surface area contributed by atoms with Crippen LogP contribution < -0.4 is 10.8 Å². The highest BCUT2D eigenvalue weighted by Gasteiger charge is 2.18. The van der Waals surface area contributed by atoms with Gasteiger partial charge >= 0.3 is 12.2 Å². The van der Waals surface area contributed by atoms with Crippen molar-refractivity contribution < 1.29 is 23.9 Å². The molecule has 0 heterocycles. The predicted octanol–water partition coefficient (Wildman–Crippen LogP) is 2.57. The molecule has 0 bridgehead atoms. The molecule has 0 radical (unpaired) electrons. The Hall–Kier alpha value is -1.21. The van der Waals surface area contributed by atoms with Crippen LogP contribution in [0.25, 0.3) is 0 Å². The molecule has 124 valence electrons. The van der Waals surface area contributed by atoms with E-state index in [-0.39, 0.29) is 13.2 Å². The number of carbonyl (C=O) groups excluding carboxylic acids is 2. The Morgan fingerprint density at radius 3 is 1.95 bits per heavy atom. The van der Waals surface area contributed by atoms with Crippen molar-refractivity contribution in [1.82, 2.24) is 10.8 Å². The summed E-state index contributed by atoms with van der Waals surface area (Å²) in [4.78, 5) is 27.5. The molecular weight excluding hydrogens is 300 g/mol. The molecule has 0 aromatic rings. The quantitative estimate of drug-likeness (QED) is 0.599. The van der Waals surface area contributed by atoms with E-state index in [0.29, 0.717) is 0 Å². The van der Waals surface area contributed by atoms with Crippen LogP contribution in [0.3, 0.4) is 0 Å². The standard InChI is InChI=1S/C13H25ClN2O5/c1-12(2,3)20-10(17)15-7-9(14)8-19-16-11(18)21-13(4,5)6/h9H,7-8H2,1-6H3,(H,15,17)(H,16,18). The summed E-state index contributed by atoms with van der Waals surface area (Å²) < 4.78 is 10.0. The van der Waals surface area contributed by atoms with Crippen molar-refractivity contribution in [3.63, 3.8) is 0 Å². The van der Waals surface area contributed by atoms with Gasteiger partial charge in [0.25, 0.3) is 0 Å². The summed E-state index contributed by atoms with van der Waals surface area (Å²) in [5.74, 6) is 0. The van der Waals surface area contributed by atoms with Crippen LogP contribution in [0, 0.1) is 0 Å². The fourth-order valence-electron chi connectivity index (χ4n) is 1.06. The smallest absolute Gasteiger partial charge is 0.431 e. The number of hydrogen-bond acceptors (Lipinski definition) is 5. The van der Waals surface area contributed by atoms with Gasteiger partial charge < -0.3 is 14.8 Å². The maximum atomic E-state index is 11.4. The zero-order valence-electron chi connectivity index (χ0n) is 13.4. The second kappa shape index (κ2) is 8.29. The highest BCUT2D eigenvalue weighted by Crippen LogP contribution is 2.07. The minimum Gasteiger partial charge on any atom is -0.444 e. The fraction of sp³-hybridized carbons (Fsp3) is 0.846. The zero-order valence-corrected chi connectivity index (χ0v) is 14.2. The molecule has 7 nitrogen and oxygen atoms in total. The van der Waals surface area contributed by atoms with Gasteiger partial charge in [0, 0.05) is 6.54 Å². The van der Waals surface area contributed by atoms with Crippen LogP contribution in [0.4, 0.5) is 9.59 Å². The molecule has 8 heteroatoms. The number of carbonyl (C=O) groups is 2. The number of alkyl halides is 1. The number of ether oxygens (including phenoxy) is 2. The molecule has 21 heavy (non-hydrogen) atoms. The lowest BCUT2D eigenvalue weighted by molar-refractivity contribution is -0.00778. The topological polar surface area (TPSA) is 85.9 Å². The van der Waals surface area contributed by atoms with E-state index < -0.39 is 28.8 Å². The normalized spacial score (nSPS) is 13.3. The maximum absolute atomic E-state index is 11.4. The highest BCUT2D eigenvalue weighted by molar-refractivity contribution is 6.21. The lowest BCUT2D eigenvalue weighted by atomic mass is 10.2. The second-order valence-electron chi connectivity index (χ2n) is 6.40.